The van der Waals surface area contributed by atoms with Gasteiger partial charge in [0, 0.05) is 22.9 Å². The van der Waals surface area contributed by atoms with Crippen LogP contribution in [0.25, 0.3) is 0 Å². The summed E-state index contributed by atoms with van der Waals surface area (Å²) in [6.45, 7) is 0. The molecular weight excluding hydrogens is 395 g/mol. The van der Waals surface area contributed by atoms with Crippen LogP contribution in [0.4, 0.5) is 15.8 Å². The summed E-state index contributed by atoms with van der Waals surface area (Å²) in [4.78, 5) is 36.8. The van der Waals surface area contributed by atoms with Gasteiger partial charge in [-0.3, -0.25) is 19.7 Å². The lowest BCUT2D eigenvalue weighted by Gasteiger charge is -2.10. The summed E-state index contributed by atoms with van der Waals surface area (Å²) in [6.07, 6.45) is 1.71. The van der Waals surface area contributed by atoms with Crippen LogP contribution in [0.1, 0.15) is 26.3 Å². The predicted octanol–water partition coefficient (Wildman–Crippen LogP) is 4.94. The Morgan fingerprint density at radius 2 is 1.66 bits per heavy atom. The summed E-state index contributed by atoms with van der Waals surface area (Å²) in [5.74, 6) is -1.49. The molecule has 0 fully saturated rings. The SMILES string of the molecule is CSc1ccc(C(=O)c2ccccc2C(=O)Nc2ccc(F)cc2)cc1[N+](=O)[O-]. The maximum absolute atomic E-state index is 13.0. The second-order valence-electron chi connectivity index (χ2n) is 5.98. The first-order chi connectivity index (χ1) is 13.9. The van der Waals surface area contributed by atoms with Crippen LogP contribution >= 0.6 is 11.8 Å². The monoisotopic (exact) mass is 410 g/mol. The average molecular weight is 410 g/mol. The molecule has 0 aliphatic carbocycles. The Kier molecular flexibility index (Phi) is 6.04. The highest BCUT2D eigenvalue weighted by Gasteiger charge is 2.22. The summed E-state index contributed by atoms with van der Waals surface area (Å²) < 4.78 is 13.0. The van der Waals surface area contributed by atoms with Gasteiger partial charge < -0.3 is 5.32 Å². The van der Waals surface area contributed by atoms with E-state index in [9.17, 15) is 24.1 Å². The van der Waals surface area contributed by atoms with E-state index in [4.69, 9.17) is 0 Å². The van der Waals surface area contributed by atoms with Crippen molar-refractivity contribution in [1.82, 2.24) is 0 Å². The highest BCUT2D eigenvalue weighted by atomic mass is 32.2. The minimum Gasteiger partial charge on any atom is -0.322 e. The molecule has 0 bridgehead atoms. The van der Waals surface area contributed by atoms with Crippen LogP contribution in [-0.4, -0.2) is 22.9 Å². The van der Waals surface area contributed by atoms with E-state index in [-0.39, 0.29) is 22.4 Å². The molecule has 0 spiro atoms. The van der Waals surface area contributed by atoms with Gasteiger partial charge in [-0.2, -0.15) is 0 Å². The zero-order valence-electron chi connectivity index (χ0n) is 15.2. The third-order valence-corrected chi connectivity index (χ3v) is 4.94. The number of nitro groups is 1. The largest absolute Gasteiger partial charge is 0.322 e. The fourth-order valence-corrected chi connectivity index (χ4v) is 3.29. The molecule has 0 heterocycles. The van der Waals surface area contributed by atoms with Crippen molar-refractivity contribution >= 4 is 34.8 Å². The van der Waals surface area contributed by atoms with Crippen molar-refractivity contribution in [2.75, 3.05) is 11.6 Å². The standard InChI is InChI=1S/C21H15FN2O4S/c1-29-19-11-6-13(12-18(19)24(27)28)20(25)16-4-2-3-5-17(16)21(26)23-15-9-7-14(22)8-10-15/h2-12H,1H3,(H,23,26). The molecule has 29 heavy (non-hydrogen) atoms. The van der Waals surface area contributed by atoms with Crippen LogP contribution in [0, 0.1) is 15.9 Å². The number of rotatable bonds is 6. The van der Waals surface area contributed by atoms with Gasteiger partial charge in [-0.1, -0.05) is 18.2 Å². The Hall–Kier alpha value is -3.52. The molecule has 1 N–H and O–H groups in total. The van der Waals surface area contributed by atoms with Crippen molar-refractivity contribution in [3.8, 4) is 0 Å². The molecule has 0 aromatic heterocycles. The van der Waals surface area contributed by atoms with Gasteiger partial charge in [-0.05, 0) is 48.7 Å². The maximum Gasteiger partial charge on any atom is 0.283 e. The Bertz CT molecular complexity index is 1100. The molecule has 3 rings (SSSR count). The number of nitro benzene ring substituents is 1. The molecule has 3 aromatic carbocycles. The fraction of sp³-hybridized carbons (Fsp3) is 0.0476. The molecule has 6 nitrogen and oxygen atoms in total. The summed E-state index contributed by atoms with van der Waals surface area (Å²) in [5, 5.41) is 13.9. The number of amides is 1. The lowest BCUT2D eigenvalue weighted by Crippen LogP contribution is -2.17. The molecule has 0 saturated carbocycles. The van der Waals surface area contributed by atoms with Gasteiger partial charge in [0.1, 0.15) is 5.82 Å². The molecular formula is C21H15FN2O4S. The first-order valence-electron chi connectivity index (χ1n) is 8.44. The third-order valence-electron chi connectivity index (χ3n) is 4.16. The number of anilines is 1. The van der Waals surface area contributed by atoms with Gasteiger partial charge in [-0.15, -0.1) is 11.8 Å². The molecule has 0 atom stereocenters. The molecule has 0 radical (unpaired) electrons. The molecule has 3 aromatic rings. The van der Waals surface area contributed by atoms with E-state index in [1.165, 1.54) is 66.4 Å². The number of thioether (sulfide) groups is 1. The van der Waals surface area contributed by atoms with Crippen LogP contribution in [0.3, 0.4) is 0 Å². The van der Waals surface area contributed by atoms with Crippen molar-refractivity contribution in [1.29, 1.82) is 0 Å². The molecule has 146 valence electrons. The summed E-state index contributed by atoms with van der Waals surface area (Å²) >= 11 is 1.21. The molecule has 0 aliphatic rings. The Balaban J connectivity index is 1.95. The number of ketones is 1. The summed E-state index contributed by atoms with van der Waals surface area (Å²) in [5.41, 5.74) is 0.531. The Labute approximate surface area is 169 Å². The number of carbonyl (C=O) groups is 2. The first kappa shape index (κ1) is 20.2. The van der Waals surface area contributed by atoms with E-state index >= 15 is 0 Å². The maximum atomic E-state index is 13.0. The molecule has 0 unspecified atom stereocenters. The number of nitrogens with zero attached hydrogens (tertiary/aromatic N) is 1. The fourth-order valence-electron chi connectivity index (χ4n) is 2.74. The van der Waals surface area contributed by atoms with Gasteiger partial charge in [-0.25, -0.2) is 4.39 Å². The quantitative estimate of drug-likeness (QED) is 0.269. The third kappa shape index (κ3) is 4.49. The normalized spacial score (nSPS) is 10.4. The van der Waals surface area contributed by atoms with E-state index in [0.29, 0.717) is 10.6 Å². The Morgan fingerprint density at radius 3 is 2.28 bits per heavy atom. The number of hydrogen-bond donors (Lipinski definition) is 1. The van der Waals surface area contributed by atoms with E-state index in [2.05, 4.69) is 5.32 Å². The van der Waals surface area contributed by atoms with Crippen molar-refractivity contribution in [3.05, 3.63) is 99.4 Å². The van der Waals surface area contributed by atoms with E-state index < -0.39 is 22.4 Å². The van der Waals surface area contributed by atoms with Gasteiger partial charge in [0.25, 0.3) is 11.6 Å². The van der Waals surface area contributed by atoms with Gasteiger partial charge in [0.05, 0.1) is 15.4 Å². The lowest BCUT2D eigenvalue weighted by atomic mass is 9.97. The first-order valence-corrected chi connectivity index (χ1v) is 9.66. The molecule has 8 heteroatoms. The smallest absolute Gasteiger partial charge is 0.283 e. The second-order valence-corrected chi connectivity index (χ2v) is 6.83. The van der Waals surface area contributed by atoms with Crippen molar-refractivity contribution in [2.24, 2.45) is 0 Å². The van der Waals surface area contributed by atoms with E-state index in [1.54, 1.807) is 18.4 Å². The van der Waals surface area contributed by atoms with Crippen molar-refractivity contribution in [3.63, 3.8) is 0 Å². The van der Waals surface area contributed by atoms with E-state index in [0.717, 1.165) is 0 Å². The van der Waals surface area contributed by atoms with Crippen molar-refractivity contribution < 1.29 is 18.9 Å². The summed E-state index contributed by atoms with van der Waals surface area (Å²) in [6, 6.07) is 15.6. The zero-order chi connectivity index (χ0) is 21.0. The van der Waals surface area contributed by atoms with Crippen LogP contribution in [0.15, 0.2) is 71.6 Å². The van der Waals surface area contributed by atoms with Gasteiger partial charge in [0.2, 0.25) is 0 Å². The number of carbonyl (C=O) groups excluding carboxylic acids is 2. The Morgan fingerprint density at radius 1 is 1.00 bits per heavy atom. The molecule has 0 saturated heterocycles. The number of hydrogen-bond acceptors (Lipinski definition) is 5. The van der Waals surface area contributed by atoms with Crippen molar-refractivity contribution in [2.45, 2.75) is 4.90 Å². The second kappa shape index (κ2) is 8.66. The average Bonchev–Trinajstić information content (AvgIpc) is 2.74. The van der Waals surface area contributed by atoms with Gasteiger partial charge in [0.15, 0.2) is 5.78 Å². The minimum atomic E-state index is -0.546. The predicted molar refractivity (Wildman–Crippen MR) is 109 cm³/mol. The highest BCUT2D eigenvalue weighted by Crippen LogP contribution is 2.29. The number of halogens is 1. The van der Waals surface area contributed by atoms with Crippen LogP contribution in [0.5, 0.6) is 0 Å². The summed E-state index contributed by atoms with van der Waals surface area (Å²) in [7, 11) is 0. The molecule has 0 aliphatic heterocycles. The zero-order valence-corrected chi connectivity index (χ0v) is 16.0. The minimum absolute atomic E-state index is 0.108. The van der Waals surface area contributed by atoms with Gasteiger partial charge >= 0.3 is 0 Å². The van der Waals surface area contributed by atoms with Crippen LogP contribution in [-0.2, 0) is 0 Å². The van der Waals surface area contributed by atoms with E-state index in [1.807, 2.05) is 0 Å². The number of nitrogens with one attached hydrogen (secondary N) is 1. The topological polar surface area (TPSA) is 89.3 Å². The number of benzene rings is 3. The van der Waals surface area contributed by atoms with Crippen LogP contribution < -0.4 is 5.32 Å². The molecule has 1 amide bonds. The van der Waals surface area contributed by atoms with Crippen LogP contribution in [0.2, 0.25) is 0 Å². The highest BCUT2D eigenvalue weighted by molar-refractivity contribution is 7.98. The lowest BCUT2D eigenvalue weighted by molar-refractivity contribution is -0.387.